The summed E-state index contributed by atoms with van der Waals surface area (Å²) in [5.41, 5.74) is 7.29. The van der Waals surface area contributed by atoms with Crippen LogP contribution in [-0.4, -0.2) is 19.1 Å². The van der Waals surface area contributed by atoms with Gasteiger partial charge in [0.2, 0.25) is 0 Å². The van der Waals surface area contributed by atoms with E-state index in [1.54, 1.807) is 11.3 Å². The van der Waals surface area contributed by atoms with Gasteiger partial charge in [-0.3, -0.25) is 4.79 Å². The van der Waals surface area contributed by atoms with Crippen molar-refractivity contribution in [1.82, 2.24) is 0 Å². The molecular weight excluding hydrogens is 222 g/mol. The Bertz CT molecular complexity index is 357. The third-order valence-corrected chi connectivity index (χ3v) is 4.23. The first-order valence-electron chi connectivity index (χ1n) is 5.52. The fourth-order valence-corrected chi connectivity index (χ4v) is 2.79. The van der Waals surface area contributed by atoms with E-state index in [1.807, 2.05) is 0 Å². The lowest BCUT2D eigenvalue weighted by Gasteiger charge is -2.20. The molecule has 0 bridgehead atoms. The molecule has 4 heteroatoms. The van der Waals surface area contributed by atoms with Gasteiger partial charge in [0.15, 0.2) is 0 Å². The van der Waals surface area contributed by atoms with Gasteiger partial charge in [0, 0.05) is 0 Å². The molecule has 1 unspecified atom stereocenters. The van der Waals surface area contributed by atoms with Gasteiger partial charge >= 0.3 is 5.97 Å². The first-order valence-corrected chi connectivity index (χ1v) is 6.47. The Morgan fingerprint density at radius 3 is 2.94 bits per heavy atom. The van der Waals surface area contributed by atoms with Gasteiger partial charge < -0.3 is 10.5 Å². The Morgan fingerprint density at radius 2 is 2.44 bits per heavy atom. The van der Waals surface area contributed by atoms with Crippen LogP contribution >= 0.6 is 11.3 Å². The minimum Gasteiger partial charge on any atom is -0.468 e. The van der Waals surface area contributed by atoms with Crippen LogP contribution in [0.4, 0.5) is 0 Å². The summed E-state index contributed by atoms with van der Waals surface area (Å²) in [6, 6.07) is 1.68. The Kier molecular flexibility index (Phi) is 3.30. The number of hydrogen-bond acceptors (Lipinski definition) is 4. The average molecular weight is 239 g/mol. The quantitative estimate of drug-likeness (QED) is 0.799. The number of aryl methyl sites for hydroxylation is 1. The van der Waals surface area contributed by atoms with Crippen molar-refractivity contribution in [3.8, 4) is 0 Å². The number of carbonyl (C=O) groups is 1. The lowest BCUT2D eigenvalue weighted by Crippen LogP contribution is -2.40. The molecule has 0 radical (unpaired) electrons. The molecule has 2 N–H and O–H groups in total. The fourth-order valence-electron chi connectivity index (χ4n) is 2.08. The molecule has 0 spiro atoms. The summed E-state index contributed by atoms with van der Waals surface area (Å²) in [5, 5.41) is 4.23. The van der Waals surface area contributed by atoms with Crippen LogP contribution < -0.4 is 5.73 Å². The number of hydrogen-bond donors (Lipinski definition) is 1. The van der Waals surface area contributed by atoms with E-state index >= 15 is 0 Å². The molecular formula is C12H17NO2S. The van der Waals surface area contributed by atoms with Crippen molar-refractivity contribution in [2.45, 2.75) is 31.7 Å². The third-order valence-electron chi connectivity index (χ3n) is 3.50. The van der Waals surface area contributed by atoms with Crippen LogP contribution in [0.5, 0.6) is 0 Å². The van der Waals surface area contributed by atoms with Gasteiger partial charge in [-0.05, 0) is 53.5 Å². The van der Waals surface area contributed by atoms with Gasteiger partial charge in [0.25, 0.3) is 0 Å². The predicted molar refractivity (Wildman–Crippen MR) is 64.3 cm³/mol. The van der Waals surface area contributed by atoms with E-state index in [-0.39, 0.29) is 11.4 Å². The summed E-state index contributed by atoms with van der Waals surface area (Å²) in [6.07, 6.45) is 4.09. The minimum absolute atomic E-state index is 0.00896. The van der Waals surface area contributed by atoms with Gasteiger partial charge in [0.05, 0.1) is 7.11 Å². The largest absolute Gasteiger partial charge is 0.468 e. The van der Waals surface area contributed by atoms with E-state index < -0.39 is 6.04 Å². The smallest absolute Gasteiger partial charge is 0.323 e. The molecule has 1 aromatic heterocycles. The maximum atomic E-state index is 11.4. The second-order valence-electron chi connectivity index (χ2n) is 4.49. The van der Waals surface area contributed by atoms with Crippen molar-refractivity contribution in [3.63, 3.8) is 0 Å². The monoisotopic (exact) mass is 239 g/mol. The van der Waals surface area contributed by atoms with Crippen LogP contribution in [0.25, 0.3) is 0 Å². The van der Waals surface area contributed by atoms with Gasteiger partial charge in [-0.15, -0.1) is 0 Å². The van der Waals surface area contributed by atoms with Crippen LogP contribution in [0, 0.1) is 5.41 Å². The lowest BCUT2D eigenvalue weighted by molar-refractivity contribution is -0.144. The van der Waals surface area contributed by atoms with Crippen molar-refractivity contribution >= 4 is 17.3 Å². The predicted octanol–water partition coefficient (Wildman–Crippen LogP) is 1.96. The maximum Gasteiger partial charge on any atom is 0.323 e. The molecule has 1 atom stereocenters. The average Bonchev–Trinajstić information content (AvgIpc) is 2.92. The van der Waals surface area contributed by atoms with Crippen molar-refractivity contribution in [1.29, 1.82) is 0 Å². The van der Waals surface area contributed by atoms with Crippen LogP contribution in [0.2, 0.25) is 0 Å². The molecule has 1 aliphatic carbocycles. The second kappa shape index (κ2) is 4.55. The van der Waals surface area contributed by atoms with Crippen molar-refractivity contribution < 1.29 is 9.53 Å². The van der Waals surface area contributed by atoms with Crippen LogP contribution in [0.3, 0.4) is 0 Å². The number of nitrogens with two attached hydrogens (primary N) is 1. The standard InChI is InChI=1S/C12H17NO2S/c1-15-11(14)10(13)12(5-6-12)4-2-9-3-7-16-8-9/h3,7-8,10H,2,4-6,13H2,1H3. The highest BCUT2D eigenvalue weighted by Gasteiger charge is 2.50. The highest BCUT2D eigenvalue weighted by Crippen LogP contribution is 2.52. The second-order valence-corrected chi connectivity index (χ2v) is 5.27. The first kappa shape index (κ1) is 11.6. The molecule has 1 aliphatic rings. The molecule has 88 valence electrons. The molecule has 0 aromatic carbocycles. The van der Waals surface area contributed by atoms with E-state index in [0.717, 1.165) is 25.7 Å². The summed E-state index contributed by atoms with van der Waals surface area (Å²) in [6.45, 7) is 0. The molecule has 0 aliphatic heterocycles. The highest BCUT2D eigenvalue weighted by molar-refractivity contribution is 7.07. The molecule has 1 fully saturated rings. The van der Waals surface area contributed by atoms with Crippen molar-refractivity contribution in [3.05, 3.63) is 22.4 Å². The Hall–Kier alpha value is -0.870. The zero-order valence-electron chi connectivity index (χ0n) is 9.44. The van der Waals surface area contributed by atoms with E-state index in [9.17, 15) is 4.79 Å². The van der Waals surface area contributed by atoms with Crippen LogP contribution in [-0.2, 0) is 16.0 Å². The lowest BCUT2D eigenvalue weighted by atomic mass is 9.90. The molecule has 0 amide bonds. The summed E-state index contributed by atoms with van der Waals surface area (Å²) in [7, 11) is 1.40. The zero-order chi connectivity index (χ0) is 11.6. The summed E-state index contributed by atoms with van der Waals surface area (Å²) in [5.74, 6) is -0.275. The molecule has 0 saturated heterocycles. The summed E-state index contributed by atoms with van der Waals surface area (Å²) < 4.78 is 4.71. The Morgan fingerprint density at radius 1 is 1.69 bits per heavy atom. The van der Waals surface area contributed by atoms with E-state index in [0.29, 0.717) is 0 Å². The topological polar surface area (TPSA) is 52.3 Å². The van der Waals surface area contributed by atoms with Crippen LogP contribution in [0.1, 0.15) is 24.8 Å². The molecule has 1 heterocycles. The number of esters is 1. The van der Waals surface area contributed by atoms with Crippen molar-refractivity contribution in [2.75, 3.05) is 7.11 Å². The highest BCUT2D eigenvalue weighted by atomic mass is 32.1. The van der Waals surface area contributed by atoms with Crippen LogP contribution in [0.15, 0.2) is 16.8 Å². The number of thiophene rings is 1. The van der Waals surface area contributed by atoms with Crippen molar-refractivity contribution in [2.24, 2.45) is 11.1 Å². The van der Waals surface area contributed by atoms with Gasteiger partial charge in [0.1, 0.15) is 6.04 Å². The third kappa shape index (κ3) is 2.28. The number of carbonyl (C=O) groups excluding carboxylic acids is 1. The SMILES string of the molecule is COC(=O)C(N)C1(CCc2ccsc2)CC1. The Balaban J connectivity index is 1.91. The summed E-state index contributed by atoms with van der Waals surface area (Å²) in [4.78, 5) is 11.4. The van der Waals surface area contributed by atoms with Gasteiger partial charge in [-0.2, -0.15) is 11.3 Å². The van der Waals surface area contributed by atoms with E-state index in [2.05, 4.69) is 16.8 Å². The number of rotatable bonds is 5. The zero-order valence-corrected chi connectivity index (χ0v) is 10.3. The molecule has 1 aromatic rings. The van der Waals surface area contributed by atoms with E-state index in [4.69, 9.17) is 10.5 Å². The minimum atomic E-state index is -0.448. The Labute approximate surface area is 99.6 Å². The van der Waals surface area contributed by atoms with Gasteiger partial charge in [-0.25, -0.2) is 0 Å². The summed E-state index contributed by atoms with van der Waals surface area (Å²) >= 11 is 1.71. The number of ether oxygens (including phenoxy) is 1. The van der Waals surface area contributed by atoms with Gasteiger partial charge in [-0.1, -0.05) is 0 Å². The maximum absolute atomic E-state index is 11.4. The molecule has 3 nitrogen and oxygen atoms in total. The number of methoxy groups -OCH3 is 1. The van der Waals surface area contributed by atoms with E-state index in [1.165, 1.54) is 12.7 Å². The molecule has 16 heavy (non-hydrogen) atoms. The normalized spacial score (nSPS) is 19.1. The molecule has 1 saturated carbocycles. The first-order chi connectivity index (χ1) is 7.68. The fraction of sp³-hybridized carbons (Fsp3) is 0.583. The molecule has 2 rings (SSSR count).